The molecule has 0 atom stereocenters. The second-order valence-corrected chi connectivity index (χ2v) is 4.28. The Labute approximate surface area is 107 Å². The van der Waals surface area contributed by atoms with E-state index in [2.05, 4.69) is 0 Å². The van der Waals surface area contributed by atoms with Crippen molar-refractivity contribution in [2.45, 2.75) is 20.0 Å². The summed E-state index contributed by atoms with van der Waals surface area (Å²) >= 11 is 5.90. The molecule has 0 spiro atoms. The van der Waals surface area contributed by atoms with E-state index in [4.69, 9.17) is 21.1 Å². The van der Waals surface area contributed by atoms with Crippen LogP contribution in [-0.2, 0) is 9.47 Å². The molecule has 0 radical (unpaired) electrons. The summed E-state index contributed by atoms with van der Waals surface area (Å²) < 4.78 is 10.5. The first-order valence-corrected chi connectivity index (χ1v) is 5.96. The Hall–Kier alpha value is -0.900. The zero-order valence-electron chi connectivity index (χ0n) is 10.1. The summed E-state index contributed by atoms with van der Waals surface area (Å²) in [7, 11) is 0. The Morgan fingerprint density at radius 1 is 1.29 bits per heavy atom. The second-order valence-electron chi connectivity index (χ2n) is 3.88. The van der Waals surface area contributed by atoms with Crippen LogP contribution in [-0.4, -0.2) is 31.7 Å². The van der Waals surface area contributed by atoms with Gasteiger partial charge in [-0.2, -0.15) is 0 Å². The third kappa shape index (κ3) is 5.31. The van der Waals surface area contributed by atoms with Gasteiger partial charge in [0, 0.05) is 5.56 Å². The molecular weight excluding hydrogens is 240 g/mol. The molecule has 0 heterocycles. The van der Waals surface area contributed by atoms with E-state index < -0.39 is 0 Å². The largest absolute Gasteiger partial charge is 0.376 e. The molecule has 0 aliphatic heterocycles. The van der Waals surface area contributed by atoms with Gasteiger partial charge in [-0.15, -0.1) is 0 Å². The minimum Gasteiger partial charge on any atom is -0.376 e. The van der Waals surface area contributed by atoms with E-state index >= 15 is 0 Å². The molecule has 0 aliphatic rings. The average molecular weight is 257 g/mol. The van der Waals surface area contributed by atoms with Gasteiger partial charge in [0.1, 0.15) is 6.61 Å². The average Bonchev–Trinajstić information content (AvgIpc) is 2.28. The number of benzene rings is 1. The van der Waals surface area contributed by atoms with E-state index in [0.717, 1.165) is 0 Å². The third-order valence-corrected chi connectivity index (χ3v) is 2.42. The fraction of sp³-hybridized carbons (Fsp3) is 0.462. The molecule has 0 bridgehead atoms. The minimum atomic E-state index is -0.111. The highest BCUT2D eigenvalue weighted by Crippen LogP contribution is 2.15. The molecule has 0 fully saturated rings. The number of Topliss-reactive ketones (excluding diaryl/α,β-unsaturated/α-hetero) is 1. The Bertz CT molecular complexity index is 363. The fourth-order valence-corrected chi connectivity index (χ4v) is 1.51. The first-order chi connectivity index (χ1) is 8.11. The lowest BCUT2D eigenvalue weighted by Gasteiger charge is -2.08. The van der Waals surface area contributed by atoms with Crippen LogP contribution in [0.3, 0.4) is 0 Å². The predicted octanol–water partition coefficient (Wildman–Crippen LogP) is 2.96. The topological polar surface area (TPSA) is 35.5 Å². The number of hydrogen-bond acceptors (Lipinski definition) is 3. The molecule has 1 rings (SSSR count). The van der Waals surface area contributed by atoms with Crippen LogP contribution >= 0.6 is 11.6 Å². The van der Waals surface area contributed by atoms with Crippen LogP contribution in [0.5, 0.6) is 0 Å². The smallest absolute Gasteiger partial charge is 0.189 e. The Morgan fingerprint density at radius 3 is 2.65 bits per heavy atom. The van der Waals surface area contributed by atoms with E-state index in [-0.39, 0.29) is 18.5 Å². The van der Waals surface area contributed by atoms with Crippen LogP contribution in [0.2, 0.25) is 5.02 Å². The van der Waals surface area contributed by atoms with E-state index in [1.165, 1.54) is 0 Å². The summed E-state index contributed by atoms with van der Waals surface area (Å²) in [5.41, 5.74) is 0.499. The molecule has 0 amide bonds. The van der Waals surface area contributed by atoms with Crippen molar-refractivity contribution >= 4 is 17.4 Å². The van der Waals surface area contributed by atoms with E-state index in [1.54, 1.807) is 24.3 Å². The standard InChI is InChI=1S/C13H17ClO3/c1-10(2)17-8-7-16-9-13(15)11-5-3-4-6-12(11)14/h3-6,10H,7-9H2,1-2H3. The van der Waals surface area contributed by atoms with Crippen molar-refractivity contribution in [3.8, 4) is 0 Å². The summed E-state index contributed by atoms with van der Waals surface area (Å²) in [6, 6.07) is 6.95. The zero-order chi connectivity index (χ0) is 12.7. The van der Waals surface area contributed by atoms with Crippen LogP contribution < -0.4 is 0 Å². The molecule has 1 aromatic carbocycles. The van der Waals surface area contributed by atoms with Gasteiger partial charge in [-0.1, -0.05) is 23.7 Å². The maximum absolute atomic E-state index is 11.7. The Morgan fingerprint density at radius 2 is 2.00 bits per heavy atom. The predicted molar refractivity (Wildman–Crippen MR) is 67.7 cm³/mol. The molecular formula is C13H17ClO3. The van der Waals surface area contributed by atoms with Crippen LogP contribution in [0.25, 0.3) is 0 Å². The number of carbonyl (C=O) groups excluding carboxylic acids is 1. The summed E-state index contributed by atoms with van der Waals surface area (Å²) in [4.78, 5) is 11.7. The third-order valence-electron chi connectivity index (χ3n) is 2.09. The number of ether oxygens (including phenoxy) is 2. The maximum Gasteiger partial charge on any atom is 0.189 e. The molecule has 4 heteroatoms. The molecule has 0 saturated carbocycles. The molecule has 3 nitrogen and oxygen atoms in total. The minimum absolute atomic E-state index is 0.0329. The lowest BCUT2D eigenvalue weighted by Crippen LogP contribution is -2.14. The van der Waals surface area contributed by atoms with E-state index in [0.29, 0.717) is 23.8 Å². The van der Waals surface area contributed by atoms with Gasteiger partial charge in [0.2, 0.25) is 0 Å². The Kier molecular flexibility index (Phi) is 6.19. The molecule has 0 unspecified atom stereocenters. The lowest BCUT2D eigenvalue weighted by molar-refractivity contribution is 0.0208. The second kappa shape index (κ2) is 7.43. The molecule has 0 aliphatic carbocycles. The molecule has 17 heavy (non-hydrogen) atoms. The fourth-order valence-electron chi connectivity index (χ4n) is 1.27. The molecule has 94 valence electrons. The number of halogens is 1. The number of rotatable bonds is 7. The normalized spacial score (nSPS) is 10.8. The monoisotopic (exact) mass is 256 g/mol. The number of ketones is 1. The van der Waals surface area contributed by atoms with Crippen LogP contribution in [0.4, 0.5) is 0 Å². The SMILES string of the molecule is CC(C)OCCOCC(=O)c1ccccc1Cl. The van der Waals surface area contributed by atoms with Gasteiger partial charge in [-0.25, -0.2) is 0 Å². The van der Waals surface area contributed by atoms with Crippen LogP contribution in [0.1, 0.15) is 24.2 Å². The summed E-state index contributed by atoms with van der Waals surface area (Å²) in [5, 5.41) is 0.458. The summed E-state index contributed by atoms with van der Waals surface area (Å²) in [6.45, 7) is 4.84. The first-order valence-electron chi connectivity index (χ1n) is 5.58. The number of hydrogen-bond donors (Lipinski definition) is 0. The molecule has 0 saturated heterocycles. The highest BCUT2D eigenvalue weighted by molar-refractivity contribution is 6.34. The highest BCUT2D eigenvalue weighted by atomic mass is 35.5. The van der Waals surface area contributed by atoms with Crippen LogP contribution in [0, 0.1) is 0 Å². The van der Waals surface area contributed by atoms with Crippen molar-refractivity contribution in [3.05, 3.63) is 34.9 Å². The maximum atomic E-state index is 11.7. The van der Waals surface area contributed by atoms with Crippen molar-refractivity contribution in [2.75, 3.05) is 19.8 Å². The van der Waals surface area contributed by atoms with Gasteiger partial charge in [-0.05, 0) is 26.0 Å². The van der Waals surface area contributed by atoms with Gasteiger partial charge < -0.3 is 9.47 Å². The Balaban J connectivity index is 2.29. The van der Waals surface area contributed by atoms with Gasteiger partial charge in [0.25, 0.3) is 0 Å². The lowest BCUT2D eigenvalue weighted by atomic mass is 10.1. The van der Waals surface area contributed by atoms with Gasteiger partial charge in [0.15, 0.2) is 5.78 Å². The zero-order valence-corrected chi connectivity index (χ0v) is 10.9. The van der Waals surface area contributed by atoms with E-state index in [9.17, 15) is 4.79 Å². The van der Waals surface area contributed by atoms with Crippen molar-refractivity contribution in [3.63, 3.8) is 0 Å². The van der Waals surface area contributed by atoms with Gasteiger partial charge in [-0.3, -0.25) is 4.79 Å². The van der Waals surface area contributed by atoms with Gasteiger partial charge in [0.05, 0.1) is 24.3 Å². The summed E-state index contributed by atoms with van der Waals surface area (Å²) in [6.07, 6.45) is 0.179. The molecule has 0 N–H and O–H groups in total. The van der Waals surface area contributed by atoms with Crippen molar-refractivity contribution in [2.24, 2.45) is 0 Å². The van der Waals surface area contributed by atoms with Crippen LogP contribution in [0.15, 0.2) is 24.3 Å². The van der Waals surface area contributed by atoms with E-state index in [1.807, 2.05) is 13.8 Å². The highest BCUT2D eigenvalue weighted by Gasteiger charge is 2.09. The van der Waals surface area contributed by atoms with Crippen molar-refractivity contribution in [1.82, 2.24) is 0 Å². The molecule has 0 aromatic heterocycles. The quantitative estimate of drug-likeness (QED) is 0.556. The van der Waals surface area contributed by atoms with Crippen molar-refractivity contribution < 1.29 is 14.3 Å². The first kappa shape index (κ1) is 14.2. The molecule has 1 aromatic rings. The van der Waals surface area contributed by atoms with Gasteiger partial charge >= 0.3 is 0 Å². The number of carbonyl (C=O) groups is 1. The summed E-state index contributed by atoms with van der Waals surface area (Å²) in [5.74, 6) is -0.111. The van der Waals surface area contributed by atoms with Crippen molar-refractivity contribution in [1.29, 1.82) is 0 Å².